The Labute approximate surface area is 130 Å². The zero-order valence-electron chi connectivity index (χ0n) is 14.0. The largest absolute Gasteiger partial charge is 0.487 e. The first kappa shape index (κ1) is 16.4. The fourth-order valence-corrected chi connectivity index (χ4v) is 2.92. The van der Waals surface area contributed by atoms with Crippen LogP contribution in [0.5, 0.6) is 5.75 Å². The van der Waals surface area contributed by atoms with Gasteiger partial charge in [0.25, 0.3) is 0 Å². The number of unbranched alkanes of at least 4 members (excludes halogenated alkanes) is 1. The van der Waals surface area contributed by atoms with E-state index in [1.54, 1.807) is 0 Å². The van der Waals surface area contributed by atoms with Gasteiger partial charge in [0.2, 0.25) is 0 Å². The first-order valence-corrected chi connectivity index (χ1v) is 8.65. The quantitative estimate of drug-likeness (QED) is 0.710. The van der Waals surface area contributed by atoms with Crippen LogP contribution in [0.4, 0.5) is 0 Å². The summed E-state index contributed by atoms with van der Waals surface area (Å²) in [6.45, 7) is 7.68. The highest BCUT2D eigenvalue weighted by Crippen LogP contribution is 2.39. The van der Waals surface area contributed by atoms with Crippen molar-refractivity contribution in [1.29, 1.82) is 0 Å². The molecule has 2 heteroatoms. The summed E-state index contributed by atoms with van der Waals surface area (Å²) in [6, 6.07) is 9.31. The SMILES string of the molecule is CCCCc1ccc(OC2(CCNC(C)C)CCC2)cc1. The maximum absolute atomic E-state index is 6.34. The molecule has 1 aliphatic carbocycles. The molecule has 1 aromatic carbocycles. The highest BCUT2D eigenvalue weighted by molar-refractivity contribution is 5.28. The van der Waals surface area contributed by atoms with Crippen molar-refractivity contribution >= 4 is 0 Å². The minimum atomic E-state index is 0.0901. The Hall–Kier alpha value is -1.02. The fraction of sp³-hybridized carbons (Fsp3) is 0.684. The molecule has 118 valence electrons. The van der Waals surface area contributed by atoms with Crippen molar-refractivity contribution in [2.24, 2.45) is 0 Å². The molecule has 1 N–H and O–H groups in total. The van der Waals surface area contributed by atoms with Gasteiger partial charge in [-0.25, -0.2) is 0 Å². The molecule has 0 radical (unpaired) electrons. The van der Waals surface area contributed by atoms with Crippen LogP contribution in [-0.2, 0) is 6.42 Å². The highest BCUT2D eigenvalue weighted by atomic mass is 16.5. The summed E-state index contributed by atoms with van der Waals surface area (Å²) in [5.74, 6) is 1.04. The molecule has 0 aliphatic heterocycles. The van der Waals surface area contributed by atoms with Gasteiger partial charge in [-0.1, -0.05) is 39.3 Å². The third-order valence-corrected chi connectivity index (χ3v) is 4.47. The molecule has 0 bridgehead atoms. The van der Waals surface area contributed by atoms with E-state index in [2.05, 4.69) is 50.4 Å². The summed E-state index contributed by atoms with van der Waals surface area (Å²) in [7, 11) is 0. The number of rotatable bonds is 9. The van der Waals surface area contributed by atoms with Crippen molar-refractivity contribution < 1.29 is 4.74 Å². The summed E-state index contributed by atoms with van der Waals surface area (Å²) < 4.78 is 6.34. The number of hydrogen-bond acceptors (Lipinski definition) is 2. The number of ether oxygens (including phenoxy) is 1. The molecule has 0 amide bonds. The second kappa shape index (κ2) is 7.84. The van der Waals surface area contributed by atoms with Crippen LogP contribution in [0.1, 0.15) is 64.9 Å². The first-order valence-electron chi connectivity index (χ1n) is 8.65. The molecule has 1 aliphatic rings. The normalized spacial score (nSPS) is 16.8. The van der Waals surface area contributed by atoms with Crippen molar-refractivity contribution in [2.75, 3.05) is 6.54 Å². The Morgan fingerprint density at radius 3 is 2.43 bits per heavy atom. The lowest BCUT2D eigenvalue weighted by molar-refractivity contribution is -0.0145. The molecule has 0 heterocycles. The zero-order valence-corrected chi connectivity index (χ0v) is 14.0. The molecule has 1 fully saturated rings. The predicted molar refractivity (Wildman–Crippen MR) is 90.0 cm³/mol. The summed E-state index contributed by atoms with van der Waals surface area (Å²) in [6.07, 6.45) is 8.52. The van der Waals surface area contributed by atoms with Gasteiger partial charge in [-0.15, -0.1) is 0 Å². The summed E-state index contributed by atoms with van der Waals surface area (Å²) in [5.41, 5.74) is 1.51. The van der Waals surface area contributed by atoms with Gasteiger partial charge in [-0.05, 0) is 62.8 Å². The van der Waals surface area contributed by atoms with E-state index in [0.717, 1.165) is 18.7 Å². The van der Waals surface area contributed by atoms with Crippen molar-refractivity contribution in [3.05, 3.63) is 29.8 Å². The van der Waals surface area contributed by atoms with E-state index in [0.29, 0.717) is 6.04 Å². The van der Waals surface area contributed by atoms with E-state index in [1.807, 2.05) is 0 Å². The second-order valence-corrected chi connectivity index (χ2v) is 6.74. The van der Waals surface area contributed by atoms with Crippen LogP contribution in [0.25, 0.3) is 0 Å². The number of aryl methyl sites for hydroxylation is 1. The number of hydrogen-bond donors (Lipinski definition) is 1. The Bertz CT molecular complexity index is 406. The van der Waals surface area contributed by atoms with Gasteiger partial charge in [-0.3, -0.25) is 0 Å². The lowest BCUT2D eigenvalue weighted by atomic mass is 9.77. The van der Waals surface area contributed by atoms with Crippen LogP contribution < -0.4 is 10.1 Å². The zero-order chi connectivity index (χ0) is 15.1. The average Bonchev–Trinajstić information content (AvgIpc) is 2.43. The third kappa shape index (κ3) is 5.03. The van der Waals surface area contributed by atoms with Crippen molar-refractivity contribution in [3.63, 3.8) is 0 Å². The molecular weight excluding hydrogens is 258 g/mol. The Morgan fingerprint density at radius 1 is 1.19 bits per heavy atom. The van der Waals surface area contributed by atoms with Crippen molar-refractivity contribution in [2.45, 2.75) is 77.4 Å². The standard InChI is InChI=1S/C19H31NO/c1-4-5-7-17-8-10-18(11-9-17)21-19(12-6-13-19)14-15-20-16(2)3/h8-11,16,20H,4-7,12-15H2,1-3H3. The molecular formula is C19H31NO. The third-order valence-electron chi connectivity index (χ3n) is 4.47. The lowest BCUT2D eigenvalue weighted by Crippen LogP contribution is -2.45. The molecule has 21 heavy (non-hydrogen) atoms. The van der Waals surface area contributed by atoms with E-state index >= 15 is 0 Å². The van der Waals surface area contributed by atoms with Crippen LogP contribution in [0, 0.1) is 0 Å². The molecule has 0 saturated heterocycles. The average molecular weight is 289 g/mol. The Morgan fingerprint density at radius 2 is 1.90 bits per heavy atom. The van der Waals surface area contributed by atoms with Gasteiger partial charge >= 0.3 is 0 Å². The predicted octanol–water partition coefficient (Wildman–Crippen LogP) is 4.72. The summed E-state index contributed by atoms with van der Waals surface area (Å²) >= 11 is 0. The molecule has 2 rings (SSSR count). The molecule has 0 spiro atoms. The van der Waals surface area contributed by atoms with Gasteiger partial charge in [0, 0.05) is 6.04 Å². The number of nitrogens with one attached hydrogen (secondary N) is 1. The molecule has 0 unspecified atom stereocenters. The number of benzene rings is 1. The first-order chi connectivity index (χ1) is 10.1. The minimum Gasteiger partial charge on any atom is -0.487 e. The van der Waals surface area contributed by atoms with Gasteiger partial charge in [0.15, 0.2) is 0 Å². The maximum Gasteiger partial charge on any atom is 0.120 e. The Balaban J connectivity index is 1.86. The maximum atomic E-state index is 6.34. The van der Waals surface area contributed by atoms with E-state index in [9.17, 15) is 0 Å². The van der Waals surface area contributed by atoms with E-state index in [-0.39, 0.29) is 5.60 Å². The Kier molecular flexibility index (Phi) is 6.10. The van der Waals surface area contributed by atoms with Crippen LogP contribution in [0.3, 0.4) is 0 Å². The lowest BCUT2D eigenvalue weighted by Gasteiger charge is -2.42. The van der Waals surface area contributed by atoms with E-state index in [4.69, 9.17) is 4.74 Å². The molecule has 0 atom stereocenters. The molecule has 1 aromatic rings. The fourth-order valence-electron chi connectivity index (χ4n) is 2.92. The van der Waals surface area contributed by atoms with Crippen LogP contribution >= 0.6 is 0 Å². The summed E-state index contributed by atoms with van der Waals surface area (Å²) in [4.78, 5) is 0. The topological polar surface area (TPSA) is 21.3 Å². The van der Waals surface area contributed by atoms with Crippen LogP contribution in [-0.4, -0.2) is 18.2 Å². The van der Waals surface area contributed by atoms with E-state index in [1.165, 1.54) is 44.1 Å². The highest BCUT2D eigenvalue weighted by Gasteiger charge is 2.38. The van der Waals surface area contributed by atoms with Crippen molar-refractivity contribution in [1.82, 2.24) is 5.32 Å². The van der Waals surface area contributed by atoms with Gasteiger partial charge < -0.3 is 10.1 Å². The van der Waals surface area contributed by atoms with E-state index < -0.39 is 0 Å². The monoisotopic (exact) mass is 289 g/mol. The van der Waals surface area contributed by atoms with Crippen LogP contribution in [0.15, 0.2) is 24.3 Å². The molecule has 2 nitrogen and oxygen atoms in total. The smallest absolute Gasteiger partial charge is 0.120 e. The van der Waals surface area contributed by atoms with Gasteiger partial charge in [-0.2, -0.15) is 0 Å². The summed E-state index contributed by atoms with van der Waals surface area (Å²) in [5, 5.41) is 3.51. The minimum absolute atomic E-state index is 0.0901. The molecule has 1 saturated carbocycles. The van der Waals surface area contributed by atoms with Gasteiger partial charge in [0.05, 0.1) is 0 Å². The molecule has 0 aromatic heterocycles. The van der Waals surface area contributed by atoms with Gasteiger partial charge in [0.1, 0.15) is 11.4 Å². The second-order valence-electron chi connectivity index (χ2n) is 6.74. The van der Waals surface area contributed by atoms with Crippen LogP contribution in [0.2, 0.25) is 0 Å². The van der Waals surface area contributed by atoms with Crippen molar-refractivity contribution in [3.8, 4) is 5.75 Å².